The average molecular weight is 319 g/mol. The highest BCUT2D eigenvalue weighted by Gasteiger charge is 2.42. The Hall–Kier alpha value is -2.09. The van der Waals surface area contributed by atoms with Crippen molar-refractivity contribution in [2.75, 3.05) is 6.54 Å². The third kappa shape index (κ3) is 2.54. The van der Waals surface area contributed by atoms with Gasteiger partial charge in [0.1, 0.15) is 0 Å². The molecule has 1 atom stereocenters. The zero-order valence-electron chi connectivity index (χ0n) is 14.5. The summed E-state index contributed by atoms with van der Waals surface area (Å²) in [6.45, 7) is 4.97. The summed E-state index contributed by atoms with van der Waals surface area (Å²) in [7, 11) is 0. The van der Waals surface area contributed by atoms with E-state index < -0.39 is 0 Å². The second-order valence-electron chi connectivity index (χ2n) is 7.69. The minimum Gasteiger partial charge on any atom is -0.356 e. The fourth-order valence-electron chi connectivity index (χ4n) is 4.65. The fourth-order valence-corrected chi connectivity index (χ4v) is 4.65. The number of carbonyl (C=O) groups excluding carboxylic acids is 1. The fraction of sp³-hybridized carbons (Fsp3) is 0.409. The second kappa shape index (κ2) is 6.08. The molecule has 2 aromatic carbocycles. The van der Waals surface area contributed by atoms with Gasteiger partial charge in [0.2, 0.25) is 5.91 Å². The first-order chi connectivity index (χ1) is 11.6. The summed E-state index contributed by atoms with van der Waals surface area (Å²) in [5.41, 5.74) is 5.92. The number of hydrogen-bond donors (Lipinski definition) is 1. The van der Waals surface area contributed by atoms with Gasteiger partial charge in [0.15, 0.2) is 0 Å². The minimum absolute atomic E-state index is 0.188. The number of benzene rings is 2. The molecule has 2 heteroatoms. The van der Waals surface area contributed by atoms with E-state index in [0.29, 0.717) is 30.1 Å². The molecule has 0 spiro atoms. The van der Waals surface area contributed by atoms with Gasteiger partial charge in [-0.3, -0.25) is 4.79 Å². The van der Waals surface area contributed by atoms with Gasteiger partial charge in [-0.05, 0) is 40.5 Å². The Bertz CT molecular complexity index is 717. The molecule has 1 amide bonds. The highest BCUT2D eigenvalue weighted by atomic mass is 16.1. The number of fused-ring (bicyclic) bond motifs is 1. The molecule has 0 unspecified atom stereocenters. The Balaban J connectivity index is 1.63. The van der Waals surface area contributed by atoms with Crippen LogP contribution in [0, 0.1) is 11.8 Å². The van der Waals surface area contributed by atoms with Crippen LogP contribution in [-0.2, 0) is 4.79 Å². The first-order valence-electron chi connectivity index (χ1n) is 9.09. The van der Waals surface area contributed by atoms with Crippen molar-refractivity contribution in [3.05, 3.63) is 70.8 Å². The molecule has 0 aliphatic heterocycles. The van der Waals surface area contributed by atoms with Gasteiger partial charge in [-0.15, -0.1) is 0 Å². The molecule has 0 aromatic heterocycles. The van der Waals surface area contributed by atoms with E-state index in [4.69, 9.17) is 0 Å². The quantitative estimate of drug-likeness (QED) is 0.886. The van der Waals surface area contributed by atoms with Crippen LogP contribution in [0.4, 0.5) is 0 Å². The molecule has 24 heavy (non-hydrogen) atoms. The van der Waals surface area contributed by atoms with Gasteiger partial charge in [-0.1, -0.05) is 62.4 Å². The van der Waals surface area contributed by atoms with Gasteiger partial charge in [-0.2, -0.15) is 0 Å². The monoisotopic (exact) mass is 319 g/mol. The second-order valence-corrected chi connectivity index (χ2v) is 7.69. The van der Waals surface area contributed by atoms with Crippen LogP contribution in [0.1, 0.15) is 60.8 Å². The molecule has 2 aromatic rings. The molecule has 2 nitrogen and oxygen atoms in total. The molecule has 5 rings (SSSR count). The maximum Gasteiger partial charge on any atom is 0.220 e. The van der Waals surface area contributed by atoms with Crippen molar-refractivity contribution in [3.8, 4) is 0 Å². The van der Waals surface area contributed by atoms with Crippen molar-refractivity contribution in [2.24, 2.45) is 11.8 Å². The van der Waals surface area contributed by atoms with E-state index in [2.05, 4.69) is 67.7 Å². The first-order valence-corrected chi connectivity index (χ1v) is 9.09. The summed E-state index contributed by atoms with van der Waals surface area (Å²) in [5.74, 6) is 1.99. The Morgan fingerprint density at radius 1 is 1.00 bits per heavy atom. The Labute approximate surface area is 144 Å². The standard InChI is InChI=1S/C22H25NO/c1-14(2)11-21(24)23-13-15-12-20-16-7-3-5-9-18(16)22(15)19-10-6-4-8-17(19)20/h3-10,14-15,20,22H,11-13H2,1-2H3,(H,23,24)/t15-,20?,22?/m0/s1. The van der Waals surface area contributed by atoms with Gasteiger partial charge in [0.25, 0.3) is 0 Å². The molecule has 0 heterocycles. The highest BCUT2D eigenvalue weighted by molar-refractivity contribution is 5.76. The predicted molar refractivity (Wildman–Crippen MR) is 97.1 cm³/mol. The van der Waals surface area contributed by atoms with Crippen LogP contribution in [0.2, 0.25) is 0 Å². The number of rotatable bonds is 4. The molecule has 3 aliphatic carbocycles. The molecule has 3 aliphatic rings. The lowest BCUT2D eigenvalue weighted by Gasteiger charge is -2.45. The van der Waals surface area contributed by atoms with Crippen LogP contribution in [0.25, 0.3) is 0 Å². The third-order valence-corrected chi connectivity index (χ3v) is 5.58. The van der Waals surface area contributed by atoms with Crippen LogP contribution in [0.5, 0.6) is 0 Å². The van der Waals surface area contributed by atoms with Crippen LogP contribution < -0.4 is 5.32 Å². The number of hydrogen-bond acceptors (Lipinski definition) is 1. The van der Waals surface area contributed by atoms with Crippen LogP contribution in [0.3, 0.4) is 0 Å². The normalized spacial score (nSPS) is 23.7. The summed E-state index contributed by atoms with van der Waals surface area (Å²) < 4.78 is 0. The summed E-state index contributed by atoms with van der Waals surface area (Å²) >= 11 is 0. The van der Waals surface area contributed by atoms with E-state index in [-0.39, 0.29) is 5.91 Å². The summed E-state index contributed by atoms with van der Waals surface area (Å²) in [6, 6.07) is 17.7. The molecule has 0 radical (unpaired) electrons. The smallest absolute Gasteiger partial charge is 0.220 e. The summed E-state index contributed by atoms with van der Waals surface area (Å²) in [5, 5.41) is 3.19. The number of carbonyl (C=O) groups is 1. The lowest BCUT2D eigenvalue weighted by atomic mass is 9.59. The maximum absolute atomic E-state index is 12.1. The van der Waals surface area contributed by atoms with Gasteiger partial charge in [-0.25, -0.2) is 0 Å². The number of nitrogens with one attached hydrogen (secondary N) is 1. The zero-order valence-corrected chi connectivity index (χ0v) is 14.5. The van der Waals surface area contributed by atoms with Gasteiger partial charge in [0, 0.05) is 24.8 Å². The van der Waals surface area contributed by atoms with Gasteiger partial charge >= 0.3 is 0 Å². The SMILES string of the molecule is CC(C)CC(=O)NC[C@@H]1CC2c3ccccc3C1c1ccccc12. The highest BCUT2D eigenvalue weighted by Crippen LogP contribution is 2.55. The molecular formula is C22H25NO. The summed E-state index contributed by atoms with van der Waals surface area (Å²) in [6.07, 6.45) is 1.76. The van der Waals surface area contributed by atoms with E-state index in [0.717, 1.165) is 13.0 Å². The molecule has 0 fully saturated rings. The number of amides is 1. The largest absolute Gasteiger partial charge is 0.356 e. The van der Waals surface area contributed by atoms with Crippen molar-refractivity contribution in [2.45, 2.75) is 38.5 Å². The first kappa shape index (κ1) is 15.4. The third-order valence-electron chi connectivity index (χ3n) is 5.58. The minimum atomic E-state index is 0.188. The Morgan fingerprint density at radius 2 is 1.54 bits per heavy atom. The van der Waals surface area contributed by atoms with Crippen LogP contribution in [-0.4, -0.2) is 12.5 Å². The van der Waals surface area contributed by atoms with E-state index in [1.165, 1.54) is 22.3 Å². The van der Waals surface area contributed by atoms with E-state index in [1.807, 2.05) is 0 Å². The molecule has 0 saturated carbocycles. The van der Waals surface area contributed by atoms with Crippen LogP contribution in [0.15, 0.2) is 48.5 Å². The molecular weight excluding hydrogens is 294 g/mol. The van der Waals surface area contributed by atoms with Crippen molar-refractivity contribution in [1.82, 2.24) is 5.32 Å². The van der Waals surface area contributed by atoms with Gasteiger partial charge in [0.05, 0.1) is 0 Å². The van der Waals surface area contributed by atoms with Crippen molar-refractivity contribution in [1.29, 1.82) is 0 Å². The molecule has 1 N–H and O–H groups in total. The predicted octanol–water partition coefficient (Wildman–Crippen LogP) is 4.45. The molecule has 0 saturated heterocycles. The van der Waals surface area contributed by atoms with E-state index in [1.54, 1.807) is 0 Å². The lowest BCUT2D eigenvalue weighted by molar-refractivity contribution is -0.122. The summed E-state index contributed by atoms with van der Waals surface area (Å²) in [4.78, 5) is 12.1. The average Bonchev–Trinajstić information content (AvgIpc) is 2.59. The lowest BCUT2D eigenvalue weighted by Crippen LogP contribution is -2.39. The van der Waals surface area contributed by atoms with Gasteiger partial charge < -0.3 is 5.32 Å². The topological polar surface area (TPSA) is 29.1 Å². The van der Waals surface area contributed by atoms with Crippen molar-refractivity contribution < 1.29 is 4.79 Å². The van der Waals surface area contributed by atoms with Crippen molar-refractivity contribution >= 4 is 5.91 Å². The molecule has 2 bridgehead atoms. The van der Waals surface area contributed by atoms with Crippen LogP contribution >= 0.6 is 0 Å². The van der Waals surface area contributed by atoms with Crippen molar-refractivity contribution in [3.63, 3.8) is 0 Å². The zero-order chi connectivity index (χ0) is 16.7. The molecule has 124 valence electrons. The Morgan fingerprint density at radius 3 is 2.08 bits per heavy atom. The maximum atomic E-state index is 12.1. The van der Waals surface area contributed by atoms with E-state index in [9.17, 15) is 4.79 Å². The van der Waals surface area contributed by atoms with E-state index >= 15 is 0 Å². The Kier molecular flexibility index (Phi) is 3.91.